The largest absolute Gasteiger partial charge is 0.298 e. The summed E-state index contributed by atoms with van der Waals surface area (Å²) in [7, 11) is 0. The molecule has 4 aromatic rings. The van der Waals surface area contributed by atoms with Crippen LogP contribution in [-0.2, 0) is 10.3 Å². The molecule has 1 aliphatic heterocycles. The number of para-hydroxylation sites is 2. The molecule has 35 heavy (non-hydrogen) atoms. The second-order valence-corrected chi connectivity index (χ2v) is 9.78. The molecule has 5 rings (SSSR count). The van der Waals surface area contributed by atoms with Gasteiger partial charge in [-0.3, -0.25) is 4.79 Å². The van der Waals surface area contributed by atoms with Crippen molar-refractivity contribution in [1.29, 1.82) is 0 Å². The third-order valence-corrected chi connectivity index (χ3v) is 7.56. The SMILES string of the molecule is O=CC1=C[N+](c2ccccc2Cl)(c2ccccc2Cl)NC1(c1ccccc1Cl)c1ccccc1Cl. The number of carbonyl (C=O) groups excluding carboxylic acids is 1. The van der Waals surface area contributed by atoms with E-state index in [0.29, 0.717) is 48.2 Å². The van der Waals surface area contributed by atoms with Crippen molar-refractivity contribution in [3.8, 4) is 0 Å². The van der Waals surface area contributed by atoms with Crippen LogP contribution in [-0.4, -0.2) is 6.29 Å². The van der Waals surface area contributed by atoms with Crippen molar-refractivity contribution in [3.05, 3.63) is 140 Å². The van der Waals surface area contributed by atoms with E-state index in [2.05, 4.69) is 5.43 Å². The van der Waals surface area contributed by atoms with E-state index < -0.39 is 5.54 Å². The van der Waals surface area contributed by atoms with Crippen LogP contribution in [0.4, 0.5) is 11.4 Å². The summed E-state index contributed by atoms with van der Waals surface area (Å²) in [5.41, 5.74) is 5.64. The number of rotatable bonds is 5. The summed E-state index contributed by atoms with van der Waals surface area (Å²) in [4.78, 5) is 12.8. The average Bonchev–Trinajstić information content (AvgIpc) is 3.22. The van der Waals surface area contributed by atoms with E-state index in [1.807, 2.05) is 79.0 Å². The Morgan fingerprint density at radius 1 is 0.600 bits per heavy atom. The van der Waals surface area contributed by atoms with Crippen LogP contribution >= 0.6 is 46.4 Å². The van der Waals surface area contributed by atoms with Crippen molar-refractivity contribution in [3.63, 3.8) is 0 Å². The molecular formula is C28H19Cl4N2O+. The van der Waals surface area contributed by atoms with Gasteiger partial charge in [0.2, 0.25) is 0 Å². The van der Waals surface area contributed by atoms with Gasteiger partial charge >= 0.3 is 0 Å². The Balaban J connectivity index is 1.92. The molecule has 0 saturated heterocycles. The summed E-state index contributed by atoms with van der Waals surface area (Å²) in [5.74, 6) is 0. The van der Waals surface area contributed by atoms with Crippen molar-refractivity contribution in [2.45, 2.75) is 5.54 Å². The zero-order valence-electron chi connectivity index (χ0n) is 18.3. The molecule has 3 nitrogen and oxygen atoms in total. The average molecular weight is 541 g/mol. The summed E-state index contributed by atoms with van der Waals surface area (Å²) >= 11 is 27.1. The van der Waals surface area contributed by atoms with Gasteiger partial charge in [-0.1, -0.05) is 107 Å². The minimum atomic E-state index is -1.21. The molecular weight excluding hydrogens is 522 g/mol. The first-order chi connectivity index (χ1) is 16.9. The maximum Gasteiger partial charge on any atom is 0.180 e. The van der Waals surface area contributed by atoms with Crippen LogP contribution in [0, 0.1) is 0 Å². The summed E-state index contributed by atoms with van der Waals surface area (Å²) < 4.78 is -0.135. The minimum Gasteiger partial charge on any atom is -0.298 e. The topological polar surface area (TPSA) is 29.1 Å². The van der Waals surface area contributed by atoms with Crippen LogP contribution < -0.4 is 10.0 Å². The predicted molar refractivity (Wildman–Crippen MR) is 145 cm³/mol. The number of aldehydes is 1. The quantitative estimate of drug-likeness (QED) is 0.203. The molecule has 4 aromatic carbocycles. The molecule has 0 radical (unpaired) electrons. The maximum absolute atomic E-state index is 12.8. The fourth-order valence-electron chi connectivity index (χ4n) is 4.76. The smallest absolute Gasteiger partial charge is 0.180 e. The number of benzene rings is 4. The van der Waals surface area contributed by atoms with Crippen molar-refractivity contribution >= 4 is 64.1 Å². The molecule has 1 heterocycles. The summed E-state index contributed by atoms with van der Waals surface area (Å²) in [6, 6.07) is 29.7. The fourth-order valence-corrected chi connectivity index (χ4v) is 5.85. The third-order valence-electron chi connectivity index (χ3n) is 6.26. The first-order valence-corrected chi connectivity index (χ1v) is 12.3. The first kappa shape index (κ1) is 24.1. The van der Waals surface area contributed by atoms with Gasteiger partial charge in [-0.05, 0) is 24.3 Å². The van der Waals surface area contributed by atoms with Crippen LogP contribution in [0.3, 0.4) is 0 Å². The Morgan fingerprint density at radius 3 is 1.40 bits per heavy atom. The van der Waals surface area contributed by atoms with Crippen molar-refractivity contribution in [2.24, 2.45) is 0 Å². The highest BCUT2D eigenvalue weighted by molar-refractivity contribution is 6.35. The standard InChI is InChI=1S/C28H19Cl4N2O/c29-22-11-3-1-9-20(22)28(21-10-2-4-12-23(21)30)19(18-35)17-34(33-28,26-15-7-5-13-24(26)31)27-16-8-6-14-25(27)32/h1-18,33H/q+1. The van der Waals surface area contributed by atoms with E-state index >= 15 is 0 Å². The molecule has 0 amide bonds. The van der Waals surface area contributed by atoms with Gasteiger partial charge in [0.1, 0.15) is 16.2 Å². The Kier molecular flexibility index (Phi) is 6.49. The zero-order chi connectivity index (χ0) is 24.6. The number of nitrogens with zero attached hydrogens (tertiary/aromatic N) is 1. The maximum atomic E-state index is 12.8. The van der Waals surface area contributed by atoms with E-state index in [1.165, 1.54) is 0 Å². The van der Waals surface area contributed by atoms with E-state index in [-0.39, 0.29) is 4.59 Å². The highest BCUT2D eigenvalue weighted by Gasteiger charge is 2.57. The number of hydrogen-bond acceptors (Lipinski definition) is 2. The fraction of sp³-hybridized carbons (Fsp3) is 0.0357. The van der Waals surface area contributed by atoms with Gasteiger partial charge in [-0.25, -0.2) is 0 Å². The lowest BCUT2D eigenvalue weighted by Crippen LogP contribution is -2.57. The van der Waals surface area contributed by atoms with E-state index in [9.17, 15) is 4.79 Å². The Bertz CT molecular complexity index is 1380. The van der Waals surface area contributed by atoms with Crippen LogP contribution in [0.25, 0.3) is 0 Å². The van der Waals surface area contributed by atoms with Gasteiger partial charge < -0.3 is 0 Å². The molecule has 1 N–H and O–H groups in total. The lowest BCUT2D eigenvalue weighted by molar-refractivity contribution is -0.105. The Labute approximate surface area is 223 Å². The highest BCUT2D eigenvalue weighted by Crippen LogP contribution is 2.53. The molecule has 0 fully saturated rings. The second kappa shape index (κ2) is 9.44. The van der Waals surface area contributed by atoms with E-state index in [1.54, 1.807) is 24.3 Å². The van der Waals surface area contributed by atoms with Gasteiger partial charge in [0, 0.05) is 33.3 Å². The van der Waals surface area contributed by atoms with Crippen molar-refractivity contribution in [1.82, 2.24) is 10.0 Å². The second-order valence-electron chi connectivity index (χ2n) is 8.15. The van der Waals surface area contributed by atoms with Gasteiger partial charge in [0.05, 0.1) is 5.57 Å². The number of hydrogen-bond donors (Lipinski definition) is 1. The molecule has 0 aromatic heterocycles. The first-order valence-electron chi connectivity index (χ1n) is 10.8. The number of halogens is 4. The highest BCUT2D eigenvalue weighted by atomic mass is 35.5. The molecule has 174 valence electrons. The Hall–Kier alpha value is -2.63. The monoisotopic (exact) mass is 539 g/mol. The summed E-state index contributed by atoms with van der Waals surface area (Å²) in [5, 5.41) is 1.95. The molecule has 0 atom stereocenters. The van der Waals surface area contributed by atoms with Crippen LogP contribution in [0.2, 0.25) is 20.1 Å². The summed E-state index contributed by atoms with van der Waals surface area (Å²) in [6.07, 6.45) is 2.65. The summed E-state index contributed by atoms with van der Waals surface area (Å²) in [6.45, 7) is 0. The number of nitrogens with one attached hydrogen (secondary N) is 1. The van der Waals surface area contributed by atoms with Gasteiger partial charge in [0.15, 0.2) is 23.2 Å². The predicted octanol–water partition coefficient (Wildman–Crippen LogP) is 8.48. The van der Waals surface area contributed by atoms with Crippen molar-refractivity contribution < 1.29 is 4.79 Å². The molecule has 0 saturated carbocycles. The molecule has 0 aliphatic carbocycles. The lowest BCUT2D eigenvalue weighted by atomic mass is 9.78. The number of carbonyl (C=O) groups is 1. The minimum absolute atomic E-state index is 0.135. The van der Waals surface area contributed by atoms with Crippen LogP contribution in [0.5, 0.6) is 0 Å². The molecule has 0 unspecified atom stereocenters. The Morgan fingerprint density at radius 2 is 1.00 bits per heavy atom. The van der Waals surface area contributed by atoms with Gasteiger partial charge in [0.25, 0.3) is 0 Å². The van der Waals surface area contributed by atoms with E-state index in [0.717, 1.165) is 6.29 Å². The molecule has 0 bridgehead atoms. The van der Waals surface area contributed by atoms with Crippen LogP contribution in [0.1, 0.15) is 11.1 Å². The van der Waals surface area contributed by atoms with Crippen LogP contribution in [0.15, 0.2) is 109 Å². The van der Waals surface area contributed by atoms with Gasteiger partial charge in [-0.15, -0.1) is 5.43 Å². The molecule has 7 heteroatoms. The van der Waals surface area contributed by atoms with Gasteiger partial charge in [-0.2, -0.15) is 4.59 Å². The molecule has 0 spiro atoms. The zero-order valence-corrected chi connectivity index (χ0v) is 21.3. The third kappa shape index (κ3) is 3.80. The molecule has 1 aliphatic rings. The normalized spacial score (nSPS) is 16.1. The number of quaternary nitrogens is 1. The lowest BCUT2D eigenvalue weighted by Gasteiger charge is -2.38. The van der Waals surface area contributed by atoms with Crippen molar-refractivity contribution in [2.75, 3.05) is 0 Å². The van der Waals surface area contributed by atoms with E-state index in [4.69, 9.17) is 46.4 Å².